The fraction of sp³-hybridized carbons (Fsp3) is 0.385. The number of nitrogens with zero attached hydrogens (tertiary/aromatic N) is 3. The van der Waals surface area contributed by atoms with Crippen molar-refractivity contribution >= 4 is 0 Å². The minimum atomic E-state index is 0.914. The Morgan fingerprint density at radius 2 is 2.06 bits per heavy atom. The average Bonchev–Trinajstić information content (AvgIpc) is 2.74. The van der Waals surface area contributed by atoms with Crippen LogP contribution in [0.4, 0.5) is 0 Å². The summed E-state index contributed by atoms with van der Waals surface area (Å²) in [5.41, 5.74) is 4.28. The van der Waals surface area contributed by atoms with E-state index in [2.05, 4.69) is 34.4 Å². The molecular formula is C13H17N3. The summed E-state index contributed by atoms with van der Waals surface area (Å²) in [6, 6.07) is 4.12. The smallest absolute Gasteiger partial charge is 0.108 e. The minimum absolute atomic E-state index is 0.914. The predicted molar refractivity (Wildman–Crippen MR) is 65.2 cm³/mol. The Bertz CT molecular complexity index is 486. The first-order chi connectivity index (χ1) is 7.76. The van der Waals surface area contributed by atoms with Gasteiger partial charge in [-0.05, 0) is 25.0 Å². The first kappa shape index (κ1) is 10.9. The van der Waals surface area contributed by atoms with Gasteiger partial charge in [-0.3, -0.25) is 4.98 Å². The lowest BCUT2D eigenvalue weighted by Gasteiger charge is -2.08. The zero-order valence-corrected chi connectivity index (χ0v) is 10.1. The molecule has 0 bridgehead atoms. The van der Waals surface area contributed by atoms with Gasteiger partial charge in [0.15, 0.2) is 0 Å². The van der Waals surface area contributed by atoms with Crippen molar-refractivity contribution in [2.75, 3.05) is 0 Å². The van der Waals surface area contributed by atoms with Crippen LogP contribution < -0.4 is 0 Å². The van der Waals surface area contributed by atoms with Crippen LogP contribution in [0.25, 0.3) is 11.4 Å². The van der Waals surface area contributed by atoms with Crippen molar-refractivity contribution in [3.63, 3.8) is 0 Å². The summed E-state index contributed by atoms with van der Waals surface area (Å²) >= 11 is 0. The van der Waals surface area contributed by atoms with Crippen molar-refractivity contribution in [3.8, 4) is 11.4 Å². The van der Waals surface area contributed by atoms with Gasteiger partial charge < -0.3 is 4.57 Å². The van der Waals surface area contributed by atoms with Crippen LogP contribution in [0.1, 0.15) is 25.2 Å². The second-order valence-corrected chi connectivity index (χ2v) is 3.87. The monoisotopic (exact) mass is 215 g/mol. The Morgan fingerprint density at radius 3 is 2.62 bits per heavy atom. The highest BCUT2D eigenvalue weighted by molar-refractivity contribution is 5.58. The largest absolute Gasteiger partial charge is 0.349 e. The van der Waals surface area contributed by atoms with E-state index < -0.39 is 0 Å². The molecule has 0 amide bonds. The highest BCUT2D eigenvalue weighted by Gasteiger charge is 2.10. The number of aryl methyl sites for hydroxylation is 3. The molecule has 0 unspecified atom stereocenters. The Hall–Kier alpha value is -1.64. The molecule has 0 aromatic carbocycles. The summed E-state index contributed by atoms with van der Waals surface area (Å²) in [6.45, 7) is 4.21. The van der Waals surface area contributed by atoms with Crippen LogP contribution in [-0.2, 0) is 19.9 Å². The highest BCUT2D eigenvalue weighted by atomic mass is 15.0. The van der Waals surface area contributed by atoms with Crippen LogP contribution in [0.3, 0.4) is 0 Å². The van der Waals surface area contributed by atoms with Gasteiger partial charge in [0, 0.05) is 19.4 Å². The van der Waals surface area contributed by atoms with Gasteiger partial charge in [-0.25, -0.2) is 4.98 Å². The second-order valence-electron chi connectivity index (χ2n) is 3.87. The van der Waals surface area contributed by atoms with E-state index in [-0.39, 0.29) is 0 Å². The summed E-state index contributed by atoms with van der Waals surface area (Å²) in [5.74, 6) is 0. The van der Waals surface area contributed by atoms with Crippen LogP contribution in [0.5, 0.6) is 0 Å². The van der Waals surface area contributed by atoms with E-state index in [1.54, 1.807) is 0 Å². The average molecular weight is 215 g/mol. The molecule has 0 atom stereocenters. The Morgan fingerprint density at radius 1 is 1.25 bits per heavy atom. The fourth-order valence-electron chi connectivity index (χ4n) is 1.79. The Balaban J connectivity index is 2.57. The van der Waals surface area contributed by atoms with E-state index in [4.69, 9.17) is 0 Å². The van der Waals surface area contributed by atoms with Crippen molar-refractivity contribution in [2.45, 2.75) is 26.7 Å². The zero-order chi connectivity index (χ0) is 11.5. The van der Waals surface area contributed by atoms with E-state index in [0.717, 1.165) is 35.6 Å². The van der Waals surface area contributed by atoms with Crippen LogP contribution in [0, 0.1) is 0 Å². The van der Waals surface area contributed by atoms with Gasteiger partial charge in [-0.15, -0.1) is 0 Å². The maximum atomic E-state index is 4.68. The highest BCUT2D eigenvalue weighted by Crippen LogP contribution is 2.21. The molecule has 0 fully saturated rings. The van der Waals surface area contributed by atoms with Crippen molar-refractivity contribution in [2.24, 2.45) is 7.05 Å². The quantitative estimate of drug-likeness (QED) is 0.788. The van der Waals surface area contributed by atoms with E-state index >= 15 is 0 Å². The summed E-state index contributed by atoms with van der Waals surface area (Å²) in [5, 5.41) is 0. The summed E-state index contributed by atoms with van der Waals surface area (Å²) in [4.78, 5) is 9.17. The summed E-state index contributed by atoms with van der Waals surface area (Å²) in [6.07, 6.45) is 5.76. The third-order valence-corrected chi connectivity index (χ3v) is 2.78. The first-order valence-electron chi connectivity index (χ1n) is 5.72. The molecule has 2 aromatic rings. The van der Waals surface area contributed by atoms with Gasteiger partial charge in [0.05, 0.1) is 17.1 Å². The van der Waals surface area contributed by atoms with Gasteiger partial charge in [0.25, 0.3) is 0 Å². The molecule has 0 radical (unpaired) electrons. The molecule has 3 nitrogen and oxygen atoms in total. The van der Waals surface area contributed by atoms with E-state index in [9.17, 15) is 0 Å². The minimum Gasteiger partial charge on any atom is -0.349 e. The topological polar surface area (TPSA) is 30.7 Å². The third kappa shape index (κ3) is 1.85. The molecule has 2 aromatic heterocycles. The molecule has 0 N–H and O–H groups in total. The molecule has 0 saturated heterocycles. The van der Waals surface area contributed by atoms with Gasteiger partial charge in [-0.1, -0.05) is 13.8 Å². The molecule has 16 heavy (non-hydrogen) atoms. The fourth-order valence-corrected chi connectivity index (χ4v) is 1.79. The van der Waals surface area contributed by atoms with Crippen molar-refractivity contribution in [1.29, 1.82) is 0 Å². The maximum absolute atomic E-state index is 4.68. The lowest BCUT2D eigenvalue weighted by Crippen LogP contribution is -2.02. The molecule has 0 aliphatic heterocycles. The van der Waals surface area contributed by atoms with Crippen LogP contribution in [0.15, 0.2) is 24.5 Å². The van der Waals surface area contributed by atoms with Crippen LogP contribution in [-0.4, -0.2) is 14.5 Å². The van der Waals surface area contributed by atoms with Gasteiger partial charge in [0.1, 0.15) is 5.69 Å². The molecule has 0 aliphatic rings. The van der Waals surface area contributed by atoms with E-state index in [0.29, 0.717) is 0 Å². The van der Waals surface area contributed by atoms with Crippen molar-refractivity contribution < 1.29 is 0 Å². The molecule has 0 saturated carbocycles. The summed E-state index contributed by atoms with van der Waals surface area (Å²) < 4.78 is 2.09. The lowest BCUT2D eigenvalue weighted by molar-refractivity contribution is 0.895. The predicted octanol–water partition coefficient (Wildman–Crippen LogP) is 2.61. The standard InChI is InChI=1S/C13H17N3/c1-4-10-9-14-11(5-2)13(15-10)12-7-6-8-16(12)3/h6-9H,4-5H2,1-3H3. The molecule has 2 rings (SSSR count). The first-order valence-corrected chi connectivity index (χ1v) is 5.72. The Kier molecular flexibility index (Phi) is 3.04. The van der Waals surface area contributed by atoms with Crippen molar-refractivity contribution in [3.05, 3.63) is 35.9 Å². The number of aromatic nitrogens is 3. The molecule has 84 valence electrons. The normalized spacial score (nSPS) is 10.7. The number of hydrogen-bond donors (Lipinski definition) is 0. The summed E-state index contributed by atoms with van der Waals surface area (Å²) in [7, 11) is 2.04. The molecule has 3 heteroatoms. The SMILES string of the molecule is CCc1cnc(CC)c(-c2cccn2C)n1. The zero-order valence-electron chi connectivity index (χ0n) is 10.1. The van der Waals surface area contributed by atoms with Gasteiger partial charge in [0.2, 0.25) is 0 Å². The number of rotatable bonds is 3. The van der Waals surface area contributed by atoms with E-state index in [1.807, 2.05) is 25.5 Å². The van der Waals surface area contributed by atoms with E-state index in [1.165, 1.54) is 0 Å². The van der Waals surface area contributed by atoms with Crippen molar-refractivity contribution in [1.82, 2.24) is 14.5 Å². The third-order valence-electron chi connectivity index (χ3n) is 2.78. The second kappa shape index (κ2) is 4.47. The number of hydrogen-bond acceptors (Lipinski definition) is 2. The molecule has 0 aliphatic carbocycles. The maximum Gasteiger partial charge on any atom is 0.108 e. The van der Waals surface area contributed by atoms with Crippen LogP contribution >= 0.6 is 0 Å². The molecular weight excluding hydrogens is 198 g/mol. The molecule has 2 heterocycles. The lowest BCUT2D eigenvalue weighted by atomic mass is 10.2. The van der Waals surface area contributed by atoms with Gasteiger partial charge >= 0.3 is 0 Å². The Labute approximate surface area is 96.2 Å². The van der Waals surface area contributed by atoms with Gasteiger partial charge in [-0.2, -0.15) is 0 Å². The molecule has 0 spiro atoms. The van der Waals surface area contributed by atoms with Crippen LogP contribution in [0.2, 0.25) is 0 Å².